The van der Waals surface area contributed by atoms with Crippen LogP contribution in [-0.4, -0.2) is 42.4 Å². The van der Waals surface area contributed by atoms with E-state index in [1.807, 2.05) is 24.5 Å². The summed E-state index contributed by atoms with van der Waals surface area (Å²) >= 11 is 0. The number of rotatable bonds is 4. The lowest BCUT2D eigenvalue weighted by molar-refractivity contribution is -0.918. The fourth-order valence-corrected chi connectivity index (χ4v) is 2.59. The Bertz CT molecular complexity index is 560. The number of hydrogen-bond donors (Lipinski definition) is 1. The zero-order valence-electron chi connectivity index (χ0n) is 12.2. The fourth-order valence-electron chi connectivity index (χ4n) is 2.59. The maximum atomic E-state index is 4.55. The molecule has 1 N–H and O–H groups in total. The smallest absolute Gasteiger partial charge is 0.103 e. The molecule has 1 aromatic heterocycles. The molecule has 4 heteroatoms. The molecule has 0 aliphatic carbocycles. The Morgan fingerprint density at radius 1 is 1.10 bits per heavy atom. The molecular formula is C17H21N4+. The molecule has 0 saturated carbocycles. The first-order chi connectivity index (χ1) is 10.4. The standard InChI is InChI=1S/C17H20N4/c1-2-5-16(6-3-1)15-20-9-11-21(12-10-20)19-14-17-7-4-8-18-13-17/h1-8,13-14H,9-12,15H2/p+1. The molecule has 0 bridgehead atoms. The van der Waals surface area contributed by atoms with E-state index in [0.717, 1.165) is 38.3 Å². The van der Waals surface area contributed by atoms with Gasteiger partial charge in [0.15, 0.2) is 0 Å². The minimum Gasteiger partial charge on any atom is -0.328 e. The van der Waals surface area contributed by atoms with Crippen LogP contribution >= 0.6 is 0 Å². The number of aromatic nitrogens is 1. The summed E-state index contributed by atoms with van der Waals surface area (Å²) in [7, 11) is 0. The van der Waals surface area contributed by atoms with E-state index in [9.17, 15) is 0 Å². The summed E-state index contributed by atoms with van der Waals surface area (Å²) in [5.74, 6) is 0. The van der Waals surface area contributed by atoms with Gasteiger partial charge < -0.3 is 4.90 Å². The van der Waals surface area contributed by atoms with Crippen LogP contribution in [0.5, 0.6) is 0 Å². The third-order valence-electron chi connectivity index (χ3n) is 3.80. The second kappa shape index (κ2) is 6.99. The van der Waals surface area contributed by atoms with Crippen LogP contribution in [0.4, 0.5) is 0 Å². The van der Waals surface area contributed by atoms with Gasteiger partial charge in [-0.15, -0.1) is 0 Å². The minimum atomic E-state index is 1.01. The van der Waals surface area contributed by atoms with Gasteiger partial charge in [-0.3, -0.25) is 9.99 Å². The van der Waals surface area contributed by atoms with Crippen LogP contribution < -0.4 is 4.90 Å². The Balaban J connectivity index is 1.48. The second-order valence-corrected chi connectivity index (χ2v) is 5.40. The van der Waals surface area contributed by atoms with Gasteiger partial charge in [-0.05, 0) is 6.07 Å². The summed E-state index contributed by atoms with van der Waals surface area (Å²) < 4.78 is 0. The lowest BCUT2D eigenvalue weighted by atomic mass is 10.2. The van der Waals surface area contributed by atoms with Crippen LogP contribution in [0, 0.1) is 0 Å². The Kier molecular flexibility index (Phi) is 4.59. The van der Waals surface area contributed by atoms with Crippen LogP contribution in [-0.2, 0) is 6.54 Å². The van der Waals surface area contributed by atoms with Crippen LogP contribution in [0.15, 0.2) is 60.0 Å². The molecular weight excluding hydrogens is 260 g/mol. The minimum absolute atomic E-state index is 1.01. The van der Waals surface area contributed by atoms with Gasteiger partial charge in [0, 0.05) is 23.5 Å². The first-order valence-corrected chi connectivity index (χ1v) is 7.46. The number of piperazine rings is 1. The summed E-state index contributed by atoms with van der Waals surface area (Å²) in [5, 5.41) is 6.70. The number of hydrazone groups is 1. The van der Waals surface area contributed by atoms with Crippen molar-refractivity contribution in [3.05, 3.63) is 66.0 Å². The molecule has 0 spiro atoms. The molecule has 3 rings (SSSR count). The predicted octanol–water partition coefficient (Wildman–Crippen LogP) is 0.816. The van der Waals surface area contributed by atoms with E-state index in [1.54, 1.807) is 11.1 Å². The highest BCUT2D eigenvalue weighted by atomic mass is 15.5. The molecule has 0 radical (unpaired) electrons. The average molecular weight is 281 g/mol. The molecule has 0 atom stereocenters. The molecule has 21 heavy (non-hydrogen) atoms. The summed E-state index contributed by atoms with van der Waals surface area (Å²) in [4.78, 5) is 5.73. The zero-order valence-corrected chi connectivity index (χ0v) is 12.2. The number of quaternary nitrogens is 1. The van der Waals surface area contributed by atoms with Crippen molar-refractivity contribution in [2.24, 2.45) is 5.10 Å². The van der Waals surface area contributed by atoms with Crippen molar-refractivity contribution in [1.29, 1.82) is 0 Å². The third kappa shape index (κ3) is 4.13. The summed E-state index contributed by atoms with van der Waals surface area (Å²) in [5.41, 5.74) is 2.47. The number of pyridine rings is 1. The lowest BCUT2D eigenvalue weighted by Crippen LogP contribution is -3.13. The Morgan fingerprint density at radius 3 is 2.62 bits per heavy atom. The van der Waals surface area contributed by atoms with Crippen molar-refractivity contribution in [3.63, 3.8) is 0 Å². The normalized spacial score (nSPS) is 16.5. The largest absolute Gasteiger partial charge is 0.328 e. The Hall–Kier alpha value is -2.20. The van der Waals surface area contributed by atoms with Crippen molar-refractivity contribution in [2.45, 2.75) is 6.54 Å². The highest BCUT2D eigenvalue weighted by Crippen LogP contribution is 1.98. The third-order valence-corrected chi connectivity index (χ3v) is 3.80. The van der Waals surface area contributed by atoms with E-state index in [4.69, 9.17) is 0 Å². The van der Waals surface area contributed by atoms with E-state index >= 15 is 0 Å². The average Bonchev–Trinajstić information content (AvgIpc) is 2.56. The van der Waals surface area contributed by atoms with Crippen LogP contribution in [0.3, 0.4) is 0 Å². The molecule has 1 saturated heterocycles. The highest BCUT2D eigenvalue weighted by molar-refractivity contribution is 5.78. The van der Waals surface area contributed by atoms with Gasteiger partial charge >= 0.3 is 0 Å². The zero-order chi connectivity index (χ0) is 14.3. The van der Waals surface area contributed by atoms with Crippen molar-refractivity contribution < 1.29 is 4.90 Å². The van der Waals surface area contributed by atoms with Gasteiger partial charge in [0.25, 0.3) is 0 Å². The molecule has 2 heterocycles. The van der Waals surface area contributed by atoms with Gasteiger partial charge in [-0.25, -0.2) is 0 Å². The van der Waals surface area contributed by atoms with Crippen molar-refractivity contribution in [1.82, 2.24) is 9.99 Å². The summed E-state index contributed by atoms with van der Waals surface area (Å²) in [6, 6.07) is 14.7. The number of nitrogens with zero attached hydrogens (tertiary/aromatic N) is 3. The fraction of sp³-hybridized carbons (Fsp3) is 0.294. The lowest BCUT2D eigenvalue weighted by Gasteiger charge is -2.30. The number of benzene rings is 1. The number of hydrogen-bond acceptors (Lipinski definition) is 3. The topological polar surface area (TPSA) is 32.9 Å². The molecule has 1 aromatic carbocycles. The van der Waals surface area contributed by atoms with Gasteiger partial charge in [0.2, 0.25) is 0 Å². The predicted molar refractivity (Wildman–Crippen MR) is 84.2 cm³/mol. The maximum absolute atomic E-state index is 4.55. The van der Waals surface area contributed by atoms with Crippen molar-refractivity contribution in [2.75, 3.05) is 26.2 Å². The van der Waals surface area contributed by atoms with Gasteiger partial charge in [-0.2, -0.15) is 5.10 Å². The van der Waals surface area contributed by atoms with E-state index in [2.05, 4.69) is 45.4 Å². The van der Waals surface area contributed by atoms with Crippen LogP contribution in [0.25, 0.3) is 0 Å². The summed E-state index contributed by atoms with van der Waals surface area (Å²) in [6.07, 6.45) is 5.51. The molecule has 0 amide bonds. The van der Waals surface area contributed by atoms with E-state index in [1.165, 1.54) is 5.56 Å². The van der Waals surface area contributed by atoms with Crippen LogP contribution in [0.1, 0.15) is 11.1 Å². The molecule has 2 aromatic rings. The molecule has 1 aliphatic rings. The Labute approximate surface area is 125 Å². The molecule has 1 aliphatic heterocycles. The van der Waals surface area contributed by atoms with E-state index < -0.39 is 0 Å². The molecule has 108 valence electrons. The SMILES string of the molecule is C(=NN1CC[NH+](Cc2ccccc2)CC1)c1cccnc1. The summed E-state index contributed by atoms with van der Waals surface area (Å²) in [6.45, 7) is 5.41. The quantitative estimate of drug-likeness (QED) is 0.842. The first kappa shape index (κ1) is 13.8. The molecule has 0 unspecified atom stereocenters. The molecule has 1 fully saturated rings. The van der Waals surface area contributed by atoms with Gasteiger partial charge in [0.1, 0.15) is 6.54 Å². The highest BCUT2D eigenvalue weighted by Gasteiger charge is 2.18. The molecule has 4 nitrogen and oxygen atoms in total. The second-order valence-electron chi connectivity index (χ2n) is 5.40. The Morgan fingerprint density at radius 2 is 1.90 bits per heavy atom. The van der Waals surface area contributed by atoms with Gasteiger partial charge in [0.05, 0.1) is 32.4 Å². The van der Waals surface area contributed by atoms with E-state index in [-0.39, 0.29) is 0 Å². The van der Waals surface area contributed by atoms with Crippen molar-refractivity contribution >= 4 is 6.21 Å². The van der Waals surface area contributed by atoms with Crippen molar-refractivity contribution in [3.8, 4) is 0 Å². The maximum Gasteiger partial charge on any atom is 0.103 e. The first-order valence-electron chi connectivity index (χ1n) is 7.46. The monoisotopic (exact) mass is 281 g/mol. The van der Waals surface area contributed by atoms with Crippen LogP contribution in [0.2, 0.25) is 0 Å². The number of nitrogens with one attached hydrogen (secondary N) is 1. The van der Waals surface area contributed by atoms with E-state index in [0.29, 0.717) is 0 Å². The van der Waals surface area contributed by atoms with Gasteiger partial charge in [-0.1, -0.05) is 36.4 Å².